The Morgan fingerprint density at radius 1 is 1.33 bits per heavy atom. The highest BCUT2D eigenvalue weighted by molar-refractivity contribution is 5.78. The van der Waals surface area contributed by atoms with Crippen molar-refractivity contribution in [1.29, 1.82) is 5.26 Å². The molecule has 108 valence electrons. The molecule has 0 aliphatic heterocycles. The Kier molecular flexibility index (Phi) is 4.08. The Hall–Kier alpha value is -2.61. The lowest BCUT2D eigenvalue weighted by Crippen LogP contribution is -2.07. The molecule has 0 spiro atoms. The van der Waals surface area contributed by atoms with Gasteiger partial charge in [0.25, 0.3) is 0 Å². The van der Waals surface area contributed by atoms with E-state index in [0.29, 0.717) is 11.4 Å². The number of nitrogen functional groups attached to an aromatic ring is 1. The van der Waals surface area contributed by atoms with Crippen LogP contribution in [0.1, 0.15) is 36.6 Å². The van der Waals surface area contributed by atoms with Gasteiger partial charge in [0.1, 0.15) is 17.5 Å². The summed E-state index contributed by atoms with van der Waals surface area (Å²) in [6, 6.07) is 5.79. The zero-order valence-electron chi connectivity index (χ0n) is 12.6. The van der Waals surface area contributed by atoms with Crippen LogP contribution >= 0.6 is 0 Å². The maximum Gasteiger partial charge on any atom is 0.212 e. The summed E-state index contributed by atoms with van der Waals surface area (Å²) in [4.78, 5) is 8.57. The maximum absolute atomic E-state index is 9.40. The zero-order chi connectivity index (χ0) is 15.6. The third-order valence-corrected chi connectivity index (χ3v) is 3.40. The standard InChI is InChI=1S/C16H18N4O/c1-9(2)15-10(3)14(12(7-17)16(18)20-15)11-5-6-13(21-4)19-8-11/h5-6,8-9H,1-4H3,(H2,18,20). The molecule has 2 aromatic rings. The molecule has 0 saturated carbocycles. The van der Waals surface area contributed by atoms with Gasteiger partial charge in [0, 0.05) is 29.1 Å². The van der Waals surface area contributed by atoms with Gasteiger partial charge in [0.15, 0.2) is 0 Å². The molecule has 2 N–H and O–H groups in total. The van der Waals surface area contributed by atoms with Crippen molar-refractivity contribution < 1.29 is 4.74 Å². The summed E-state index contributed by atoms with van der Waals surface area (Å²) in [6.45, 7) is 6.07. The van der Waals surface area contributed by atoms with E-state index in [9.17, 15) is 5.26 Å². The van der Waals surface area contributed by atoms with Crippen LogP contribution in [0.5, 0.6) is 5.88 Å². The van der Waals surface area contributed by atoms with E-state index < -0.39 is 0 Å². The van der Waals surface area contributed by atoms with Crippen molar-refractivity contribution in [3.63, 3.8) is 0 Å². The summed E-state index contributed by atoms with van der Waals surface area (Å²) < 4.78 is 5.06. The van der Waals surface area contributed by atoms with Crippen LogP contribution in [0.25, 0.3) is 11.1 Å². The van der Waals surface area contributed by atoms with Gasteiger partial charge in [-0.15, -0.1) is 0 Å². The first kappa shape index (κ1) is 14.8. The lowest BCUT2D eigenvalue weighted by Gasteiger charge is -2.16. The Bertz CT molecular complexity index is 700. The number of nitrogens with two attached hydrogens (primary N) is 1. The molecular weight excluding hydrogens is 264 g/mol. The number of hydrogen-bond acceptors (Lipinski definition) is 5. The van der Waals surface area contributed by atoms with E-state index in [0.717, 1.165) is 22.4 Å². The second kappa shape index (κ2) is 5.80. The van der Waals surface area contributed by atoms with Crippen LogP contribution < -0.4 is 10.5 Å². The molecule has 2 aromatic heterocycles. The van der Waals surface area contributed by atoms with Gasteiger partial charge in [0.2, 0.25) is 5.88 Å². The molecule has 0 amide bonds. The number of aromatic nitrogens is 2. The number of ether oxygens (including phenoxy) is 1. The van der Waals surface area contributed by atoms with E-state index in [1.54, 1.807) is 19.4 Å². The molecule has 0 atom stereocenters. The molecule has 2 rings (SSSR count). The second-order valence-corrected chi connectivity index (χ2v) is 5.11. The van der Waals surface area contributed by atoms with Crippen molar-refractivity contribution in [1.82, 2.24) is 9.97 Å². The van der Waals surface area contributed by atoms with Gasteiger partial charge >= 0.3 is 0 Å². The van der Waals surface area contributed by atoms with E-state index in [1.165, 1.54) is 0 Å². The summed E-state index contributed by atoms with van der Waals surface area (Å²) in [5.41, 5.74) is 9.84. The van der Waals surface area contributed by atoms with Crippen molar-refractivity contribution in [2.75, 3.05) is 12.8 Å². The molecular formula is C16H18N4O. The monoisotopic (exact) mass is 282 g/mol. The topological polar surface area (TPSA) is 84.8 Å². The molecule has 0 aliphatic rings. The fourth-order valence-electron chi connectivity index (χ4n) is 2.40. The molecule has 0 aromatic carbocycles. The molecule has 0 fully saturated rings. The molecule has 0 radical (unpaired) electrons. The summed E-state index contributed by atoms with van der Waals surface area (Å²) in [7, 11) is 1.56. The van der Waals surface area contributed by atoms with E-state index in [1.807, 2.05) is 13.0 Å². The number of nitrogens with zero attached hydrogens (tertiary/aromatic N) is 3. The lowest BCUT2D eigenvalue weighted by molar-refractivity contribution is 0.398. The SMILES string of the molecule is COc1ccc(-c2c(C)c(C(C)C)nc(N)c2C#N)cn1. The van der Waals surface area contributed by atoms with E-state index >= 15 is 0 Å². The molecule has 0 unspecified atom stereocenters. The summed E-state index contributed by atoms with van der Waals surface area (Å²) in [6.07, 6.45) is 1.69. The Labute approximate surface area is 124 Å². The van der Waals surface area contributed by atoms with Crippen LogP contribution in [0.2, 0.25) is 0 Å². The first-order valence-electron chi connectivity index (χ1n) is 6.70. The molecule has 0 saturated heterocycles. The summed E-state index contributed by atoms with van der Waals surface area (Å²) in [5, 5.41) is 9.40. The third-order valence-electron chi connectivity index (χ3n) is 3.40. The number of anilines is 1. The third kappa shape index (κ3) is 2.65. The molecule has 21 heavy (non-hydrogen) atoms. The summed E-state index contributed by atoms with van der Waals surface area (Å²) in [5.74, 6) is 1.02. The van der Waals surface area contributed by atoms with Gasteiger partial charge in [-0.2, -0.15) is 5.26 Å². The number of nitriles is 1. The fourth-order valence-corrected chi connectivity index (χ4v) is 2.40. The average Bonchev–Trinajstić information content (AvgIpc) is 2.48. The minimum atomic E-state index is 0.227. The zero-order valence-corrected chi connectivity index (χ0v) is 12.6. The lowest BCUT2D eigenvalue weighted by atomic mass is 9.92. The number of pyridine rings is 2. The highest BCUT2D eigenvalue weighted by Crippen LogP contribution is 2.34. The second-order valence-electron chi connectivity index (χ2n) is 5.11. The van der Waals surface area contributed by atoms with Gasteiger partial charge in [-0.25, -0.2) is 9.97 Å². The Morgan fingerprint density at radius 2 is 2.05 bits per heavy atom. The van der Waals surface area contributed by atoms with Crippen molar-refractivity contribution in [3.05, 3.63) is 35.2 Å². The van der Waals surface area contributed by atoms with Gasteiger partial charge in [-0.3, -0.25) is 0 Å². The smallest absolute Gasteiger partial charge is 0.212 e. The Morgan fingerprint density at radius 3 is 2.52 bits per heavy atom. The molecule has 0 bridgehead atoms. The quantitative estimate of drug-likeness (QED) is 0.935. The molecule has 0 aliphatic carbocycles. The highest BCUT2D eigenvalue weighted by atomic mass is 16.5. The van der Waals surface area contributed by atoms with Crippen LogP contribution in [0.4, 0.5) is 5.82 Å². The van der Waals surface area contributed by atoms with Gasteiger partial charge in [0.05, 0.1) is 7.11 Å². The van der Waals surface area contributed by atoms with Crippen LogP contribution in [0.15, 0.2) is 18.3 Å². The predicted molar refractivity (Wildman–Crippen MR) is 82.0 cm³/mol. The molecule has 5 nitrogen and oxygen atoms in total. The van der Waals surface area contributed by atoms with Crippen molar-refractivity contribution in [2.45, 2.75) is 26.7 Å². The highest BCUT2D eigenvalue weighted by Gasteiger charge is 2.19. The van der Waals surface area contributed by atoms with E-state index in [-0.39, 0.29) is 11.7 Å². The van der Waals surface area contributed by atoms with Gasteiger partial charge in [-0.05, 0) is 24.5 Å². The Balaban J connectivity index is 2.73. The predicted octanol–water partition coefficient (Wildman–Crippen LogP) is 3.04. The van der Waals surface area contributed by atoms with Crippen LogP contribution in [0.3, 0.4) is 0 Å². The van der Waals surface area contributed by atoms with Crippen molar-refractivity contribution >= 4 is 5.82 Å². The minimum Gasteiger partial charge on any atom is -0.481 e. The minimum absolute atomic E-state index is 0.227. The largest absolute Gasteiger partial charge is 0.481 e. The van der Waals surface area contributed by atoms with E-state index in [4.69, 9.17) is 10.5 Å². The van der Waals surface area contributed by atoms with Crippen LogP contribution in [-0.2, 0) is 0 Å². The maximum atomic E-state index is 9.40. The van der Waals surface area contributed by atoms with Gasteiger partial charge < -0.3 is 10.5 Å². The number of methoxy groups -OCH3 is 1. The number of rotatable bonds is 3. The molecule has 5 heteroatoms. The summed E-state index contributed by atoms with van der Waals surface area (Å²) >= 11 is 0. The molecule has 2 heterocycles. The van der Waals surface area contributed by atoms with Crippen LogP contribution in [-0.4, -0.2) is 17.1 Å². The fraction of sp³-hybridized carbons (Fsp3) is 0.312. The van der Waals surface area contributed by atoms with Crippen molar-refractivity contribution in [2.24, 2.45) is 0 Å². The number of hydrogen-bond donors (Lipinski definition) is 1. The first-order chi connectivity index (χ1) is 9.99. The average molecular weight is 282 g/mol. The van der Waals surface area contributed by atoms with E-state index in [2.05, 4.69) is 29.9 Å². The van der Waals surface area contributed by atoms with Crippen LogP contribution in [0, 0.1) is 18.3 Å². The first-order valence-corrected chi connectivity index (χ1v) is 6.70. The normalized spacial score (nSPS) is 10.5. The van der Waals surface area contributed by atoms with Gasteiger partial charge in [-0.1, -0.05) is 13.8 Å². The van der Waals surface area contributed by atoms with Crippen molar-refractivity contribution in [3.8, 4) is 23.1 Å².